The summed E-state index contributed by atoms with van der Waals surface area (Å²) >= 11 is 0. The molecule has 126 valence electrons. The molecule has 2 bridgehead atoms. The van der Waals surface area contributed by atoms with Crippen LogP contribution in [0.2, 0.25) is 0 Å². The number of carbonyl (C=O) groups excluding carboxylic acids is 1. The Bertz CT molecular complexity index is 752. The molecule has 3 aliphatic rings. The maximum absolute atomic E-state index is 12.3. The fraction of sp³-hybridized carbons (Fsp3) is 0.550. The van der Waals surface area contributed by atoms with Crippen LogP contribution >= 0.6 is 0 Å². The summed E-state index contributed by atoms with van der Waals surface area (Å²) in [5, 5.41) is 12.6. The van der Waals surface area contributed by atoms with Crippen LogP contribution in [0, 0.1) is 35.0 Å². The molecule has 1 heterocycles. The fourth-order valence-electron chi connectivity index (χ4n) is 4.41. The van der Waals surface area contributed by atoms with Crippen molar-refractivity contribution in [2.24, 2.45) is 23.2 Å². The average molecular weight is 325 g/mol. The molecule has 1 aromatic rings. The fourth-order valence-corrected chi connectivity index (χ4v) is 4.41. The van der Waals surface area contributed by atoms with Crippen molar-refractivity contribution >= 4 is 5.91 Å². The number of rotatable bonds is 3. The van der Waals surface area contributed by atoms with E-state index in [1.807, 2.05) is 0 Å². The molecule has 3 atom stereocenters. The summed E-state index contributed by atoms with van der Waals surface area (Å²) in [4.78, 5) is 12.3. The van der Waals surface area contributed by atoms with E-state index in [1.165, 1.54) is 19.3 Å². The molecule has 4 nitrogen and oxygen atoms in total. The summed E-state index contributed by atoms with van der Waals surface area (Å²) in [6, 6.07) is 3.29. The second kappa shape index (κ2) is 5.26. The van der Waals surface area contributed by atoms with Gasteiger partial charge in [-0.1, -0.05) is 18.1 Å². The minimum absolute atomic E-state index is 0.192. The smallest absolute Gasteiger partial charge is 0.287 e. The monoisotopic (exact) mass is 325 g/mol. The van der Waals surface area contributed by atoms with Gasteiger partial charge in [0.25, 0.3) is 5.91 Å². The Morgan fingerprint density at radius 1 is 1.42 bits per heavy atom. The first-order valence-corrected chi connectivity index (χ1v) is 8.69. The highest BCUT2D eigenvalue weighted by molar-refractivity contribution is 5.91. The number of hydrogen-bond donors (Lipinski definition) is 2. The van der Waals surface area contributed by atoms with E-state index < -0.39 is 5.60 Å². The number of aliphatic hydroxyl groups is 1. The predicted molar refractivity (Wildman–Crippen MR) is 90.1 cm³/mol. The molecule has 2 saturated carbocycles. The van der Waals surface area contributed by atoms with Gasteiger partial charge in [0.1, 0.15) is 5.60 Å². The van der Waals surface area contributed by atoms with Crippen LogP contribution in [0.15, 0.2) is 28.7 Å². The quantitative estimate of drug-likeness (QED) is 0.663. The number of allylic oxidation sites excluding steroid dienone is 2. The summed E-state index contributed by atoms with van der Waals surface area (Å²) in [5.74, 6) is 7.82. The van der Waals surface area contributed by atoms with Crippen molar-refractivity contribution in [3.63, 3.8) is 0 Å². The van der Waals surface area contributed by atoms with Gasteiger partial charge in [0.15, 0.2) is 11.5 Å². The zero-order valence-electron chi connectivity index (χ0n) is 14.1. The van der Waals surface area contributed by atoms with Crippen LogP contribution in [0.1, 0.15) is 49.4 Å². The first-order chi connectivity index (χ1) is 11.4. The largest absolute Gasteiger partial charge is 0.443 e. The lowest BCUT2D eigenvalue weighted by molar-refractivity contribution is 0.0916. The molecule has 3 aliphatic carbocycles. The highest BCUT2D eigenvalue weighted by atomic mass is 16.3. The molecule has 0 radical (unpaired) electrons. The lowest BCUT2D eigenvalue weighted by Crippen LogP contribution is -2.31. The van der Waals surface area contributed by atoms with E-state index in [4.69, 9.17) is 4.42 Å². The molecular weight excluding hydrogens is 302 g/mol. The zero-order valence-corrected chi connectivity index (χ0v) is 14.1. The van der Waals surface area contributed by atoms with E-state index in [1.54, 1.807) is 26.0 Å². The van der Waals surface area contributed by atoms with Crippen LogP contribution in [-0.4, -0.2) is 23.2 Å². The van der Waals surface area contributed by atoms with Crippen LogP contribution in [0.25, 0.3) is 0 Å². The van der Waals surface area contributed by atoms with Crippen LogP contribution in [0.4, 0.5) is 0 Å². The normalized spacial score (nSPS) is 28.7. The Hall–Kier alpha value is -1.99. The summed E-state index contributed by atoms with van der Waals surface area (Å²) < 4.78 is 5.46. The average Bonchev–Trinajstić information content (AvgIpc) is 2.94. The van der Waals surface area contributed by atoms with Crippen molar-refractivity contribution in [3.05, 3.63) is 35.8 Å². The second-order valence-electron chi connectivity index (χ2n) is 7.93. The van der Waals surface area contributed by atoms with Crippen molar-refractivity contribution in [1.82, 2.24) is 5.32 Å². The third-order valence-corrected chi connectivity index (χ3v) is 5.69. The molecule has 4 rings (SSSR count). The third-order valence-electron chi connectivity index (χ3n) is 5.69. The molecule has 0 aromatic carbocycles. The number of carbonyl (C=O) groups is 1. The zero-order chi connectivity index (χ0) is 16.9. The lowest BCUT2D eigenvalue weighted by Gasteiger charge is -2.19. The first kappa shape index (κ1) is 15.5. The van der Waals surface area contributed by atoms with E-state index in [-0.39, 0.29) is 11.7 Å². The Labute approximate surface area is 142 Å². The molecule has 0 aliphatic heterocycles. The molecule has 24 heavy (non-hydrogen) atoms. The highest BCUT2D eigenvalue weighted by Crippen LogP contribution is 2.69. The lowest BCUT2D eigenvalue weighted by atomic mass is 9.89. The molecule has 1 spiro atoms. The Kier molecular flexibility index (Phi) is 3.40. The first-order valence-electron chi connectivity index (χ1n) is 8.69. The van der Waals surface area contributed by atoms with Gasteiger partial charge in [-0.05, 0) is 74.3 Å². The van der Waals surface area contributed by atoms with Crippen LogP contribution in [-0.2, 0) is 0 Å². The van der Waals surface area contributed by atoms with Gasteiger partial charge in [0, 0.05) is 6.54 Å². The van der Waals surface area contributed by atoms with Gasteiger partial charge in [0.2, 0.25) is 0 Å². The third kappa shape index (κ3) is 2.67. The Morgan fingerprint density at radius 3 is 2.88 bits per heavy atom. The minimum Gasteiger partial charge on any atom is -0.443 e. The summed E-state index contributed by atoms with van der Waals surface area (Å²) in [5.41, 5.74) is -0.525. The van der Waals surface area contributed by atoms with Crippen LogP contribution < -0.4 is 5.32 Å². The van der Waals surface area contributed by atoms with E-state index in [2.05, 4.69) is 29.3 Å². The Balaban J connectivity index is 1.35. The van der Waals surface area contributed by atoms with Crippen molar-refractivity contribution in [1.29, 1.82) is 0 Å². The van der Waals surface area contributed by atoms with Crippen molar-refractivity contribution in [2.45, 2.75) is 38.7 Å². The van der Waals surface area contributed by atoms with Gasteiger partial charge in [-0.15, -0.1) is 0 Å². The van der Waals surface area contributed by atoms with E-state index >= 15 is 0 Å². The molecule has 0 saturated heterocycles. The summed E-state index contributed by atoms with van der Waals surface area (Å²) in [6.07, 6.45) is 8.65. The summed E-state index contributed by atoms with van der Waals surface area (Å²) in [6.45, 7) is 3.91. The topological polar surface area (TPSA) is 62.5 Å². The number of hydrogen-bond acceptors (Lipinski definition) is 3. The predicted octanol–water partition coefficient (Wildman–Crippen LogP) is 2.73. The van der Waals surface area contributed by atoms with Gasteiger partial charge < -0.3 is 14.8 Å². The molecule has 1 amide bonds. The number of amides is 1. The van der Waals surface area contributed by atoms with E-state index in [0.29, 0.717) is 29.6 Å². The molecule has 2 N–H and O–H groups in total. The number of nitrogens with one attached hydrogen (secondary N) is 1. The molecular formula is C20H23NO3. The van der Waals surface area contributed by atoms with Gasteiger partial charge in [-0.25, -0.2) is 0 Å². The van der Waals surface area contributed by atoms with Gasteiger partial charge in [-0.2, -0.15) is 0 Å². The summed E-state index contributed by atoms with van der Waals surface area (Å²) in [7, 11) is 0. The van der Waals surface area contributed by atoms with Crippen molar-refractivity contribution < 1.29 is 14.3 Å². The SMILES string of the molecule is CC(C)(O)C#Cc1ccc(C(=O)NC[C@@H]2C[C@@H]3C=C[C@@H]2C32CC2)o1. The van der Waals surface area contributed by atoms with Gasteiger partial charge >= 0.3 is 0 Å². The molecule has 2 fully saturated rings. The van der Waals surface area contributed by atoms with E-state index in [0.717, 1.165) is 5.92 Å². The van der Waals surface area contributed by atoms with Crippen molar-refractivity contribution in [2.75, 3.05) is 6.54 Å². The highest BCUT2D eigenvalue weighted by Gasteiger charge is 2.62. The Morgan fingerprint density at radius 2 is 2.21 bits per heavy atom. The maximum atomic E-state index is 12.3. The van der Waals surface area contributed by atoms with Crippen LogP contribution in [0.5, 0.6) is 0 Å². The molecule has 4 heteroatoms. The van der Waals surface area contributed by atoms with Gasteiger partial charge in [-0.3, -0.25) is 4.79 Å². The van der Waals surface area contributed by atoms with Gasteiger partial charge in [0.05, 0.1) is 0 Å². The minimum atomic E-state index is -1.08. The standard InChI is InChI=1S/C20H23NO3/c1-19(2,23)8-7-15-4-6-17(24-15)18(22)21-12-13-11-14-3-5-16(13)20(14)9-10-20/h3-6,13-14,16,23H,9-12H2,1-2H3,(H,21,22)/t13-,14-,16-/m0/s1. The van der Waals surface area contributed by atoms with Crippen LogP contribution in [0.3, 0.4) is 0 Å². The molecule has 0 unspecified atom stereocenters. The second-order valence-corrected chi connectivity index (χ2v) is 7.93. The molecule has 1 aromatic heterocycles. The number of furan rings is 1. The van der Waals surface area contributed by atoms with Crippen molar-refractivity contribution in [3.8, 4) is 11.8 Å². The maximum Gasteiger partial charge on any atom is 0.287 e. The van der Waals surface area contributed by atoms with E-state index in [9.17, 15) is 9.90 Å².